The Bertz CT molecular complexity index is 560. The van der Waals surface area contributed by atoms with Gasteiger partial charge in [0.15, 0.2) is 5.01 Å². The van der Waals surface area contributed by atoms with Crippen LogP contribution in [0.5, 0.6) is 0 Å². The van der Waals surface area contributed by atoms with Crippen molar-refractivity contribution in [2.45, 2.75) is 27.2 Å². The van der Waals surface area contributed by atoms with Gasteiger partial charge in [0.25, 0.3) is 0 Å². The van der Waals surface area contributed by atoms with Gasteiger partial charge in [-0.15, -0.1) is 10.2 Å². The fraction of sp³-hybridized carbons (Fsp3) is 0.385. The molecular formula is C13H16N4OS. The van der Waals surface area contributed by atoms with Gasteiger partial charge >= 0.3 is 0 Å². The maximum atomic E-state index is 11.8. The van der Waals surface area contributed by atoms with Crippen LogP contribution in [0, 0.1) is 5.41 Å². The smallest absolute Gasteiger partial charge is 0.226 e. The van der Waals surface area contributed by atoms with Crippen LogP contribution in [0.3, 0.4) is 0 Å². The number of pyridine rings is 1. The zero-order valence-corrected chi connectivity index (χ0v) is 12.0. The molecule has 0 bridgehead atoms. The maximum absolute atomic E-state index is 11.8. The zero-order valence-electron chi connectivity index (χ0n) is 11.2. The van der Waals surface area contributed by atoms with E-state index in [1.54, 1.807) is 12.4 Å². The average molecular weight is 276 g/mol. The Balaban J connectivity index is 2.04. The zero-order chi connectivity index (χ0) is 13.9. The molecule has 0 radical (unpaired) electrons. The number of rotatable bonds is 3. The molecular weight excluding hydrogens is 260 g/mol. The van der Waals surface area contributed by atoms with E-state index in [1.807, 2.05) is 32.9 Å². The summed E-state index contributed by atoms with van der Waals surface area (Å²) in [7, 11) is 0. The molecule has 2 aromatic rings. The summed E-state index contributed by atoms with van der Waals surface area (Å²) in [4.78, 5) is 15.8. The van der Waals surface area contributed by atoms with E-state index in [9.17, 15) is 4.79 Å². The summed E-state index contributed by atoms with van der Waals surface area (Å²) in [5.74, 6) is -0.0404. The lowest BCUT2D eigenvalue weighted by molar-refractivity contribution is -0.117. The molecule has 6 heteroatoms. The van der Waals surface area contributed by atoms with Crippen LogP contribution in [0.1, 0.15) is 27.2 Å². The summed E-state index contributed by atoms with van der Waals surface area (Å²) in [5, 5.41) is 12.1. The van der Waals surface area contributed by atoms with Crippen molar-refractivity contribution in [3.05, 3.63) is 24.5 Å². The number of nitrogens with zero attached hydrogens (tertiary/aromatic N) is 3. The molecule has 0 aromatic carbocycles. The van der Waals surface area contributed by atoms with Crippen LogP contribution in [-0.2, 0) is 4.79 Å². The Kier molecular flexibility index (Phi) is 3.90. The van der Waals surface area contributed by atoms with E-state index in [1.165, 1.54) is 11.3 Å². The molecule has 0 unspecified atom stereocenters. The third kappa shape index (κ3) is 4.10. The van der Waals surface area contributed by atoms with Gasteiger partial charge in [-0.1, -0.05) is 32.1 Å². The topological polar surface area (TPSA) is 67.8 Å². The summed E-state index contributed by atoms with van der Waals surface area (Å²) >= 11 is 1.35. The monoisotopic (exact) mass is 276 g/mol. The van der Waals surface area contributed by atoms with Gasteiger partial charge in [0.1, 0.15) is 0 Å². The number of hydrogen-bond acceptors (Lipinski definition) is 5. The summed E-state index contributed by atoms with van der Waals surface area (Å²) < 4.78 is 0. The first-order valence-corrected chi connectivity index (χ1v) is 6.79. The van der Waals surface area contributed by atoms with Crippen molar-refractivity contribution < 1.29 is 4.79 Å². The van der Waals surface area contributed by atoms with Crippen LogP contribution < -0.4 is 5.32 Å². The van der Waals surface area contributed by atoms with E-state index < -0.39 is 0 Å². The first-order valence-electron chi connectivity index (χ1n) is 5.98. The maximum Gasteiger partial charge on any atom is 0.226 e. The summed E-state index contributed by atoms with van der Waals surface area (Å²) in [6.45, 7) is 6.06. The highest BCUT2D eigenvalue weighted by Crippen LogP contribution is 2.26. The number of aromatic nitrogens is 3. The van der Waals surface area contributed by atoms with Gasteiger partial charge in [-0.05, 0) is 17.5 Å². The number of carbonyl (C=O) groups is 1. The second-order valence-corrected chi connectivity index (χ2v) is 6.42. The van der Waals surface area contributed by atoms with Gasteiger partial charge in [0, 0.05) is 24.4 Å². The largest absolute Gasteiger partial charge is 0.301 e. The normalized spacial score (nSPS) is 11.3. The van der Waals surface area contributed by atoms with Crippen LogP contribution in [0.2, 0.25) is 0 Å². The Morgan fingerprint density at radius 2 is 2.16 bits per heavy atom. The van der Waals surface area contributed by atoms with E-state index in [0.29, 0.717) is 11.6 Å². The minimum Gasteiger partial charge on any atom is -0.301 e. The quantitative estimate of drug-likeness (QED) is 0.935. The van der Waals surface area contributed by atoms with Gasteiger partial charge in [0.05, 0.1) is 0 Å². The molecule has 0 aliphatic carbocycles. The minimum atomic E-state index is -0.0407. The third-order valence-electron chi connectivity index (χ3n) is 2.27. The van der Waals surface area contributed by atoms with E-state index in [0.717, 1.165) is 10.6 Å². The Morgan fingerprint density at radius 3 is 2.79 bits per heavy atom. The van der Waals surface area contributed by atoms with Crippen molar-refractivity contribution in [2.24, 2.45) is 5.41 Å². The van der Waals surface area contributed by atoms with E-state index in [2.05, 4.69) is 20.5 Å². The van der Waals surface area contributed by atoms with Gasteiger partial charge in [0.2, 0.25) is 11.0 Å². The molecule has 19 heavy (non-hydrogen) atoms. The second-order valence-electron chi connectivity index (χ2n) is 5.44. The lowest BCUT2D eigenvalue weighted by atomic mass is 9.92. The van der Waals surface area contributed by atoms with Crippen LogP contribution in [0.15, 0.2) is 24.5 Å². The fourth-order valence-corrected chi connectivity index (χ4v) is 2.27. The lowest BCUT2D eigenvalue weighted by Crippen LogP contribution is -2.19. The molecule has 2 aromatic heterocycles. The van der Waals surface area contributed by atoms with E-state index in [-0.39, 0.29) is 11.3 Å². The number of nitrogens with one attached hydrogen (secondary N) is 1. The van der Waals surface area contributed by atoms with Crippen molar-refractivity contribution in [3.8, 4) is 10.6 Å². The van der Waals surface area contributed by atoms with Gasteiger partial charge in [-0.3, -0.25) is 9.78 Å². The first-order chi connectivity index (χ1) is 8.94. The molecule has 0 saturated heterocycles. The highest BCUT2D eigenvalue weighted by Gasteiger charge is 2.17. The van der Waals surface area contributed by atoms with Crippen LogP contribution >= 0.6 is 11.3 Å². The summed E-state index contributed by atoms with van der Waals surface area (Å²) in [5.41, 5.74) is 0.859. The second kappa shape index (κ2) is 5.44. The third-order valence-corrected chi connectivity index (χ3v) is 3.16. The Hall–Kier alpha value is -1.82. The molecule has 5 nitrogen and oxygen atoms in total. The molecule has 0 aliphatic rings. The Labute approximate surface area is 116 Å². The van der Waals surface area contributed by atoms with Crippen molar-refractivity contribution in [1.29, 1.82) is 0 Å². The van der Waals surface area contributed by atoms with Crippen LogP contribution in [0.25, 0.3) is 10.6 Å². The molecule has 2 rings (SSSR count). The highest BCUT2D eigenvalue weighted by molar-refractivity contribution is 7.18. The van der Waals surface area contributed by atoms with Crippen molar-refractivity contribution in [1.82, 2.24) is 15.2 Å². The highest BCUT2D eigenvalue weighted by atomic mass is 32.1. The number of anilines is 1. The van der Waals surface area contributed by atoms with Crippen LogP contribution in [-0.4, -0.2) is 21.1 Å². The molecule has 0 atom stereocenters. The molecule has 100 valence electrons. The van der Waals surface area contributed by atoms with E-state index in [4.69, 9.17) is 0 Å². The summed E-state index contributed by atoms with van der Waals surface area (Å²) in [6.07, 6.45) is 3.88. The molecule has 0 aliphatic heterocycles. The lowest BCUT2D eigenvalue weighted by Gasteiger charge is -2.16. The average Bonchev–Trinajstić information content (AvgIpc) is 2.76. The van der Waals surface area contributed by atoms with Gasteiger partial charge < -0.3 is 5.32 Å². The van der Waals surface area contributed by atoms with Crippen molar-refractivity contribution in [3.63, 3.8) is 0 Å². The molecule has 0 fully saturated rings. The van der Waals surface area contributed by atoms with Crippen molar-refractivity contribution >= 4 is 22.4 Å². The van der Waals surface area contributed by atoms with Gasteiger partial charge in [-0.25, -0.2) is 0 Å². The molecule has 0 saturated carbocycles. The fourth-order valence-electron chi connectivity index (χ4n) is 1.52. The predicted molar refractivity (Wildman–Crippen MR) is 75.8 cm³/mol. The standard InChI is InChI=1S/C13H16N4OS/c1-13(2,3)7-10(18)15-12-17-16-11(19-12)9-5-4-6-14-8-9/h4-6,8H,7H2,1-3H3,(H,15,17,18). The molecule has 2 heterocycles. The SMILES string of the molecule is CC(C)(C)CC(=O)Nc1nnc(-c2cccnc2)s1. The molecule has 0 spiro atoms. The number of amides is 1. The minimum absolute atomic E-state index is 0.0404. The van der Waals surface area contributed by atoms with Crippen LogP contribution in [0.4, 0.5) is 5.13 Å². The number of carbonyl (C=O) groups excluding carboxylic acids is 1. The number of hydrogen-bond donors (Lipinski definition) is 1. The van der Waals surface area contributed by atoms with Gasteiger partial charge in [-0.2, -0.15) is 0 Å². The van der Waals surface area contributed by atoms with E-state index >= 15 is 0 Å². The van der Waals surface area contributed by atoms with Crippen molar-refractivity contribution in [2.75, 3.05) is 5.32 Å². The predicted octanol–water partition coefficient (Wildman–Crippen LogP) is 2.97. The Morgan fingerprint density at radius 1 is 1.37 bits per heavy atom. The molecule has 1 amide bonds. The molecule has 1 N–H and O–H groups in total. The first kappa shape index (κ1) is 13.6. The summed E-state index contributed by atoms with van der Waals surface area (Å²) in [6, 6.07) is 3.75.